The molecule has 0 aromatic rings. The fraction of sp³-hybridized carbons (Fsp3) is 0.700. The van der Waals surface area contributed by atoms with E-state index in [2.05, 4.69) is 5.32 Å². The van der Waals surface area contributed by atoms with Crippen molar-refractivity contribution < 1.29 is 14.4 Å². The van der Waals surface area contributed by atoms with Gasteiger partial charge >= 0.3 is 0 Å². The zero-order valence-electron chi connectivity index (χ0n) is 8.76. The Morgan fingerprint density at radius 2 is 1.50 bits per heavy atom. The lowest BCUT2D eigenvalue weighted by atomic mass is 10.2. The van der Waals surface area contributed by atoms with Gasteiger partial charge in [-0.05, 0) is 20.3 Å². The summed E-state index contributed by atoms with van der Waals surface area (Å²) in [4.78, 5) is 32.1. The minimum atomic E-state index is -0.122. The van der Waals surface area contributed by atoms with E-state index in [1.54, 1.807) is 0 Å². The molecule has 0 radical (unpaired) electrons. The van der Waals surface area contributed by atoms with Crippen molar-refractivity contribution in [3.05, 3.63) is 0 Å². The lowest BCUT2D eigenvalue weighted by Crippen LogP contribution is -2.24. The van der Waals surface area contributed by atoms with Gasteiger partial charge in [-0.1, -0.05) is 0 Å². The lowest BCUT2D eigenvalue weighted by Gasteiger charge is -2.02. The van der Waals surface area contributed by atoms with Crippen LogP contribution >= 0.6 is 0 Å². The van der Waals surface area contributed by atoms with Gasteiger partial charge in [0, 0.05) is 25.8 Å². The van der Waals surface area contributed by atoms with Crippen molar-refractivity contribution in [3.63, 3.8) is 0 Å². The highest BCUT2D eigenvalue weighted by atomic mass is 16.2. The van der Waals surface area contributed by atoms with Crippen LogP contribution in [0.5, 0.6) is 0 Å². The van der Waals surface area contributed by atoms with Gasteiger partial charge in [0.05, 0.1) is 0 Å². The van der Waals surface area contributed by atoms with Gasteiger partial charge in [0.15, 0.2) is 0 Å². The van der Waals surface area contributed by atoms with Gasteiger partial charge in [0.1, 0.15) is 11.6 Å². The molecule has 0 aliphatic carbocycles. The maximum atomic E-state index is 11.0. The van der Waals surface area contributed by atoms with E-state index in [4.69, 9.17) is 0 Å². The molecule has 0 aliphatic rings. The normalized spacial score (nSPS) is 9.57. The summed E-state index contributed by atoms with van der Waals surface area (Å²) in [5.41, 5.74) is 0. The van der Waals surface area contributed by atoms with Gasteiger partial charge in [-0.2, -0.15) is 0 Å². The first-order valence-corrected chi connectivity index (χ1v) is 4.78. The largest absolute Gasteiger partial charge is 0.356 e. The molecule has 4 heteroatoms. The first kappa shape index (κ1) is 12.8. The number of carbonyl (C=O) groups excluding carboxylic acids is 3. The van der Waals surface area contributed by atoms with E-state index in [1.807, 2.05) is 0 Å². The summed E-state index contributed by atoms with van der Waals surface area (Å²) >= 11 is 0. The minimum Gasteiger partial charge on any atom is -0.356 e. The van der Waals surface area contributed by atoms with Crippen molar-refractivity contribution in [1.29, 1.82) is 0 Å². The molecule has 0 aliphatic heterocycles. The number of amides is 1. The van der Waals surface area contributed by atoms with Gasteiger partial charge < -0.3 is 14.9 Å². The van der Waals surface area contributed by atoms with Crippen LogP contribution in [0.1, 0.15) is 39.5 Å². The van der Waals surface area contributed by atoms with Gasteiger partial charge in [-0.15, -0.1) is 0 Å². The van der Waals surface area contributed by atoms with Crippen LogP contribution in [0.4, 0.5) is 0 Å². The standard InChI is InChI=1S/C10H17NO3/c1-8(12)4-3-7-11-10(14)6-5-9(2)13/h3-7H2,1-2H3,(H,11,14). The molecule has 0 saturated heterocycles. The predicted molar refractivity (Wildman–Crippen MR) is 52.8 cm³/mol. The van der Waals surface area contributed by atoms with Crippen LogP contribution in [-0.2, 0) is 14.4 Å². The number of hydrogen-bond donors (Lipinski definition) is 1. The molecule has 0 aromatic carbocycles. The van der Waals surface area contributed by atoms with Crippen molar-refractivity contribution in [3.8, 4) is 0 Å². The van der Waals surface area contributed by atoms with Crippen molar-refractivity contribution in [2.45, 2.75) is 39.5 Å². The Morgan fingerprint density at radius 3 is 2.00 bits per heavy atom. The van der Waals surface area contributed by atoms with Crippen LogP contribution in [0.2, 0.25) is 0 Å². The lowest BCUT2D eigenvalue weighted by molar-refractivity contribution is -0.124. The average Bonchev–Trinajstić information content (AvgIpc) is 2.08. The van der Waals surface area contributed by atoms with Crippen LogP contribution in [0.3, 0.4) is 0 Å². The fourth-order valence-electron chi connectivity index (χ4n) is 0.943. The van der Waals surface area contributed by atoms with Crippen LogP contribution in [0.15, 0.2) is 0 Å². The molecule has 4 nitrogen and oxygen atoms in total. The molecule has 0 rings (SSSR count). The molecule has 0 atom stereocenters. The van der Waals surface area contributed by atoms with Crippen molar-refractivity contribution in [1.82, 2.24) is 5.32 Å². The van der Waals surface area contributed by atoms with E-state index in [0.717, 1.165) is 0 Å². The predicted octanol–water partition coefficient (Wildman–Crippen LogP) is 0.841. The van der Waals surface area contributed by atoms with Crippen molar-refractivity contribution in [2.24, 2.45) is 0 Å². The van der Waals surface area contributed by atoms with Crippen LogP contribution in [0, 0.1) is 0 Å². The highest BCUT2D eigenvalue weighted by Crippen LogP contribution is 1.92. The molecule has 14 heavy (non-hydrogen) atoms. The number of Topliss-reactive ketones (excluding diaryl/α,β-unsaturated/α-hetero) is 2. The highest BCUT2D eigenvalue weighted by Gasteiger charge is 2.02. The monoisotopic (exact) mass is 199 g/mol. The van der Waals surface area contributed by atoms with Crippen LogP contribution < -0.4 is 5.32 Å². The second kappa shape index (κ2) is 7.24. The molecule has 0 bridgehead atoms. The summed E-state index contributed by atoms with van der Waals surface area (Å²) in [5, 5.41) is 2.65. The number of nitrogens with one attached hydrogen (secondary N) is 1. The maximum Gasteiger partial charge on any atom is 0.220 e. The summed E-state index contributed by atoms with van der Waals surface area (Å²) < 4.78 is 0. The van der Waals surface area contributed by atoms with Gasteiger partial charge in [0.25, 0.3) is 0 Å². The zero-order valence-corrected chi connectivity index (χ0v) is 8.76. The smallest absolute Gasteiger partial charge is 0.220 e. The Morgan fingerprint density at radius 1 is 0.929 bits per heavy atom. The molecule has 0 saturated carbocycles. The molecular formula is C10H17NO3. The van der Waals surface area contributed by atoms with Crippen LogP contribution in [0.25, 0.3) is 0 Å². The zero-order chi connectivity index (χ0) is 11.0. The van der Waals surface area contributed by atoms with E-state index in [-0.39, 0.29) is 23.9 Å². The highest BCUT2D eigenvalue weighted by molar-refractivity contribution is 5.83. The molecule has 0 spiro atoms. The second-order valence-electron chi connectivity index (χ2n) is 3.36. The SMILES string of the molecule is CC(=O)CCCNC(=O)CCC(C)=O. The molecule has 1 N–H and O–H groups in total. The maximum absolute atomic E-state index is 11.0. The van der Waals surface area contributed by atoms with E-state index in [9.17, 15) is 14.4 Å². The molecule has 0 fully saturated rings. The Hall–Kier alpha value is -1.19. The molecular weight excluding hydrogens is 182 g/mol. The Balaban J connectivity index is 3.36. The van der Waals surface area contributed by atoms with E-state index in [0.29, 0.717) is 25.8 Å². The molecule has 80 valence electrons. The number of carbonyl (C=O) groups is 3. The third-order valence-electron chi connectivity index (χ3n) is 1.73. The fourth-order valence-corrected chi connectivity index (χ4v) is 0.943. The first-order chi connectivity index (χ1) is 6.52. The van der Waals surface area contributed by atoms with Gasteiger partial charge in [-0.25, -0.2) is 0 Å². The number of hydrogen-bond acceptors (Lipinski definition) is 3. The third kappa shape index (κ3) is 8.90. The molecule has 0 unspecified atom stereocenters. The quantitative estimate of drug-likeness (QED) is 0.618. The molecule has 0 aromatic heterocycles. The summed E-state index contributed by atoms with van der Waals surface area (Å²) in [6.45, 7) is 3.50. The Kier molecular flexibility index (Phi) is 6.62. The average molecular weight is 199 g/mol. The molecule has 0 heterocycles. The van der Waals surface area contributed by atoms with Crippen molar-refractivity contribution in [2.75, 3.05) is 6.54 Å². The van der Waals surface area contributed by atoms with Gasteiger partial charge in [-0.3, -0.25) is 4.79 Å². The second-order valence-corrected chi connectivity index (χ2v) is 3.36. The van der Waals surface area contributed by atoms with E-state index < -0.39 is 0 Å². The Labute approximate surface area is 84.1 Å². The van der Waals surface area contributed by atoms with E-state index >= 15 is 0 Å². The van der Waals surface area contributed by atoms with Crippen molar-refractivity contribution >= 4 is 17.5 Å². The number of rotatable bonds is 7. The topological polar surface area (TPSA) is 63.2 Å². The summed E-state index contributed by atoms with van der Waals surface area (Å²) in [5.74, 6) is 0.0237. The summed E-state index contributed by atoms with van der Waals surface area (Å²) in [6, 6.07) is 0. The summed E-state index contributed by atoms with van der Waals surface area (Å²) in [7, 11) is 0. The number of ketones is 2. The van der Waals surface area contributed by atoms with Gasteiger partial charge in [0.2, 0.25) is 5.91 Å². The van der Waals surface area contributed by atoms with Crippen LogP contribution in [-0.4, -0.2) is 24.0 Å². The van der Waals surface area contributed by atoms with E-state index in [1.165, 1.54) is 13.8 Å². The first-order valence-electron chi connectivity index (χ1n) is 4.78. The Bertz CT molecular complexity index is 223. The minimum absolute atomic E-state index is 0.0175. The molecule has 1 amide bonds. The third-order valence-corrected chi connectivity index (χ3v) is 1.73. The summed E-state index contributed by atoms with van der Waals surface area (Å²) in [6.07, 6.45) is 1.70.